The van der Waals surface area contributed by atoms with Crippen LogP contribution >= 0.6 is 0 Å². The van der Waals surface area contributed by atoms with E-state index in [-0.39, 0.29) is 0 Å². The fourth-order valence-electron chi connectivity index (χ4n) is 4.95. The molecule has 2 aromatic heterocycles. The summed E-state index contributed by atoms with van der Waals surface area (Å²) >= 11 is 0. The van der Waals surface area contributed by atoms with E-state index in [4.69, 9.17) is 9.97 Å². The molecule has 2 heterocycles. The van der Waals surface area contributed by atoms with Crippen LogP contribution in [0.15, 0.2) is 127 Å². The maximum absolute atomic E-state index is 5.20. The van der Waals surface area contributed by atoms with Crippen LogP contribution in [0.1, 0.15) is 0 Å². The highest BCUT2D eigenvalue weighted by Crippen LogP contribution is 2.38. The van der Waals surface area contributed by atoms with Gasteiger partial charge in [0.15, 0.2) is 5.82 Å². The van der Waals surface area contributed by atoms with E-state index in [1.54, 1.807) is 0 Å². The number of rotatable bonds is 3. The van der Waals surface area contributed by atoms with Crippen LogP contribution < -0.4 is 0 Å². The van der Waals surface area contributed by atoms with Crippen molar-refractivity contribution in [2.45, 2.75) is 0 Å². The number of hydrogen-bond acceptors (Lipinski definition) is 2. The van der Waals surface area contributed by atoms with Crippen LogP contribution in [0, 0.1) is 0 Å². The Morgan fingerprint density at radius 3 is 2.03 bits per heavy atom. The van der Waals surface area contributed by atoms with Gasteiger partial charge in [0.05, 0.1) is 16.6 Å². The summed E-state index contributed by atoms with van der Waals surface area (Å²) in [6, 6.07) is 44.2. The van der Waals surface area contributed by atoms with Gasteiger partial charge in [-0.3, -0.25) is 4.57 Å². The summed E-state index contributed by atoms with van der Waals surface area (Å²) in [5.74, 6) is 0.724. The summed E-state index contributed by atoms with van der Waals surface area (Å²) in [5.41, 5.74) is 6.15. The van der Waals surface area contributed by atoms with Crippen LogP contribution in [0.3, 0.4) is 0 Å². The van der Waals surface area contributed by atoms with Crippen molar-refractivity contribution >= 4 is 32.7 Å². The van der Waals surface area contributed by atoms with E-state index in [2.05, 4.69) is 120 Å². The van der Waals surface area contributed by atoms with Crippen molar-refractivity contribution in [3.8, 4) is 28.3 Å². The van der Waals surface area contributed by atoms with Crippen molar-refractivity contribution in [3.05, 3.63) is 127 Å². The monoisotopic (exact) mass is 447 g/mol. The number of hydrogen-bond donors (Lipinski definition) is 0. The highest BCUT2D eigenvalue weighted by atomic mass is 15.1. The molecule has 0 saturated carbocycles. The van der Waals surface area contributed by atoms with Crippen molar-refractivity contribution in [1.82, 2.24) is 14.5 Å². The first kappa shape index (κ1) is 19.7. The predicted molar refractivity (Wildman–Crippen MR) is 145 cm³/mol. The Bertz CT molecular complexity index is 1830. The third-order valence-electron chi connectivity index (χ3n) is 6.59. The molecule has 0 fully saturated rings. The summed E-state index contributed by atoms with van der Waals surface area (Å²) in [4.78, 5) is 10.4. The summed E-state index contributed by atoms with van der Waals surface area (Å²) in [6.45, 7) is 0. The van der Waals surface area contributed by atoms with Crippen molar-refractivity contribution in [1.29, 1.82) is 0 Å². The molecule has 7 aromatic rings. The molecular formula is C32H21N3. The van der Waals surface area contributed by atoms with Gasteiger partial charge in [0.1, 0.15) is 5.65 Å². The lowest BCUT2D eigenvalue weighted by Crippen LogP contribution is -1.99. The predicted octanol–water partition coefficient (Wildman–Crippen LogP) is 8.06. The largest absolute Gasteiger partial charge is 0.294 e. The minimum Gasteiger partial charge on any atom is -0.294 e. The number of nitrogens with zero attached hydrogens (tertiary/aromatic N) is 3. The molecule has 0 radical (unpaired) electrons. The fraction of sp³-hybridized carbons (Fsp3) is 0. The first-order valence-corrected chi connectivity index (χ1v) is 11.8. The van der Waals surface area contributed by atoms with E-state index >= 15 is 0 Å². The van der Waals surface area contributed by atoms with E-state index in [0.29, 0.717) is 0 Å². The van der Waals surface area contributed by atoms with Gasteiger partial charge < -0.3 is 0 Å². The lowest BCUT2D eigenvalue weighted by Gasteiger charge is -2.11. The fourth-order valence-corrected chi connectivity index (χ4v) is 4.95. The Hall–Kier alpha value is -4.76. The second-order valence-corrected chi connectivity index (χ2v) is 8.71. The van der Waals surface area contributed by atoms with Crippen molar-refractivity contribution in [2.24, 2.45) is 0 Å². The normalized spacial score (nSPS) is 11.4. The van der Waals surface area contributed by atoms with Crippen molar-refractivity contribution in [2.75, 3.05) is 0 Å². The molecule has 0 spiro atoms. The molecule has 3 nitrogen and oxygen atoms in total. The van der Waals surface area contributed by atoms with Crippen LogP contribution in [-0.2, 0) is 0 Å². The van der Waals surface area contributed by atoms with Crippen LogP contribution in [0.4, 0.5) is 0 Å². The minimum absolute atomic E-state index is 0.724. The molecule has 0 N–H and O–H groups in total. The zero-order valence-electron chi connectivity index (χ0n) is 19.0. The first-order valence-electron chi connectivity index (χ1n) is 11.8. The third kappa shape index (κ3) is 3.21. The van der Waals surface area contributed by atoms with E-state index in [1.165, 1.54) is 10.8 Å². The summed E-state index contributed by atoms with van der Waals surface area (Å²) in [6.07, 6.45) is 0. The quantitative estimate of drug-likeness (QED) is 0.274. The molecule has 0 aliphatic rings. The molecule has 0 unspecified atom stereocenters. The molecule has 164 valence electrons. The molecule has 0 aliphatic heterocycles. The van der Waals surface area contributed by atoms with Gasteiger partial charge in [0.2, 0.25) is 0 Å². The number of fused-ring (bicyclic) bond motifs is 4. The number of aromatic nitrogens is 3. The molecule has 7 rings (SSSR count). The second-order valence-electron chi connectivity index (χ2n) is 8.71. The molecule has 3 heteroatoms. The molecule has 0 saturated heterocycles. The van der Waals surface area contributed by atoms with Gasteiger partial charge in [-0.1, -0.05) is 103 Å². The van der Waals surface area contributed by atoms with Gasteiger partial charge in [0.25, 0.3) is 0 Å². The topological polar surface area (TPSA) is 30.7 Å². The molecule has 0 atom stereocenters. The smallest absolute Gasteiger partial charge is 0.162 e. The van der Waals surface area contributed by atoms with Gasteiger partial charge in [0, 0.05) is 22.2 Å². The molecular weight excluding hydrogens is 426 g/mol. The zero-order valence-corrected chi connectivity index (χ0v) is 19.0. The Morgan fingerprint density at radius 1 is 0.514 bits per heavy atom. The average molecular weight is 448 g/mol. The second kappa shape index (κ2) is 7.93. The van der Waals surface area contributed by atoms with E-state index in [1.807, 2.05) is 12.1 Å². The average Bonchev–Trinajstić information content (AvgIpc) is 3.27. The summed E-state index contributed by atoms with van der Waals surface area (Å²) in [7, 11) is 0. The Morgan fingerprint density at radius 2 is 1.20 bits per heavy atom. The van der Waals surface area contributed by atoms with E-state index < -0.39 is 0 Å². The maximum atomic E-state index is 5.20. The molecule has 0 bridgehead atoms. The van der Waals surface area contributed by atoms with Gasteiger partial charge in [-0.2, -0.15) is 0 Å². The minimum atomic E-state index is 0.724. The van der Waals surface area contributed by atoms with Crippen molar-refractivity contribution in [3.63, 3.8) is 0 Å². The molecule has 35 heavy (non-hydrogen) atoms. The highest BCUT2D eigenvalue weighted by molar-refractivity contribution is 6.14. The summed E-state index contributed by atoms with van der Waals surface area (Å²) < 4.78 is 2.25. The highest BCUT2D eigenvalue weighted by Gasteiger charge is 2.20. The molecule has 0 amide bonds. The number of para-hydroxylation sites is 2. The van der Waals surface area contributed by atoms with Crippen LogP contribution in [0.2, 0.25) is 0 Å². The molecule has 0 aliphatic carbocycles. The lowest BCUT2D eigenvalue weighted by atomic mass is 10.0. The standard InChI is InChI=1S/C32H21N3/c1-3-12-23(13-4-1)30-29-27-17-9-10-18-28(27)35(26-15-5-2-6-16-26)32(29)34-31(33-30)25-20-19-22-11-7-8-14-24(22)21-25/h1-21H. The third-order valence-corrected chi connectivity index (χ3v) is 6.59. The first-order chi connectivity index (χ1) is 17.4. The van der Waals surface area contributed by atoms with Crippen LogP contribution in [0.5, 0.6) is 0 Å². The molecule has 5 aromatic carbocycles. The van der Waals surface area contributed by atoms with Gasteiger partial charge >= 0.3 is 0 Å². The van der Waals surface area contributed by atoms with Gasteiger partial charge in [-0.15, -0.1) is 0 Å². The van der Waals surface area contributed by atoms with Crippen LogP contribution in [-0.4, -0.2) is 14.5 Å². The van der Waals surface area contributed by atoms with E-state index in [9.17, 15) is 0 Å². The Labute approximate surface area is 203 Å². The maximum Gasteiger partial charge on any atom is 0.162 e. The van der Waals surface area contributed by atoms with Gasteiger partial charge in [-0.05, 0) is 35.0 Å². The lowest BCUT2D eigenvalue weighted by molar-refractivity contribution is 1.11. The van der Waals surface area contributed by atoms with E-state index in [0.717, 1.165) is 50.3 Å². The van der Waals surface area contributed by atoms with Crippen molar-refractivity contribution < 1.29 is 0 Å². The Kier molecular flexibility index (Phi) is 4.46. The Balaban J connectivity index is 1.62. The van der Waals surface area contributed by atoms with Crippen LogP contribution in [0.25, 0.3) is 61.0 Å². The summed E-state index contributed by atoms with van der Waals surface area (Å²) in [5, 5.41) is 4.60. The SMILES string of the molecule is c1ccc(-c2nc(-c3ccc4ccccc4c3)nc3c2c2ccccc2n3-c2ccccc2)cc1. The zero-order chi connectivity index (χ0) is 23.2. The number of benzene rings is 5. The van der Waals surface area contributed by atoms with Gasteiger partial charge in [-0.25, -0.2) is 9.97 Å².